The monoisotopic (exact) mass is 332 g/mol. The number of carbonyl (C=O) groups is 3. The van der Waals surface area contributed by atoms with Gasteiger partial charge in [0.25, 0.3) is 0 Å². The van der Waals surface area contributed by atoms with E-state index >= 15 is 0 Å². The third-order valence-corrected chi connectivity index (χ3v) is 2.49. The number of carbonyl (C=O) groups excluding carboxylic acids is 3. The summed E-state index contributed by atoms with van der Waals surface area (Å²) in [4.78, 5) is 33.7. The summed E-state index contributed by atoms with van der Waals surface area (Å²) >= 11 is 0. The van der Waals surface area contributed by atoms with Gasteiger partial charge in [0.05, 0.1) is 18.7 Å². The smallest absolute Gasteiger partial charge is 0.462 e. The van der Waals surface area contributed by atoms with Gasteiger partial charge in [0, 0.05) is 5.69 Å². The Morgan fingerprint density at radius 3 is 2.52 bits per heavy atom. The zero-order valence-electron chi connectivity index (χ0n) is 12.2. The van der Waals surface area contributed by atoms with E-state index in [1.807, 2.05) is 6.92 Å². The molecule has 1 aromatic rings. The number of nitrogens with one attached hydrogen (secondary N) is 2. The summed E-state index contributed by atoms with van der Waals surface area (Å²) in [7, 11) is 0. The summed E-state index contributed by atoms with van der Waals surface area (Å²) in [6, 6.07) is 5.72. The highest BCUT2D eigenvalue weighted by Gasteiger charge is 2.38. The quantitative estimate of drug-likeness (QED) is 0.779. The van der Waals surface area contributed by atoms with Gasteiger partial charge in [-0.15, -0.1) is 0 Å². The van der Waals surface area contributed by atoms with Crippen molar-refractivity contribution in [2.75, 3.05) is 18.5 Å². The van der Waals surface area contributed by atoms with Crippen molar-refractivity contribution in [3.8, 4) is 0 Å². The number of halogens is 3. The fourth-order valence-corrected chi connectivity index (χ4v) is 1.47. The van der Waals surface area contributed by atoms with E-state index in [1.54, 1.807) is 0 Å². The molecule has 2 amide bonds. The van der Waals surface area contributed by atoms with Gasteiger partial charge in [0.2, 0.25) is 5.91 Å². The molecular formula is C14H15F3N2O4. The average Bonchev–Trinajstić information content (AvgIpc) is 2.49. The number of benzene rings is 1. The standard InChI is InChI=1S/C14H15F3N2O4/c1-2-6-23-12(21)9-4-3-5-10(7-9)19-11(20)8-18-13(22)14(15,16)17/h3-5,7H,2,6,8H2,1H3,(H,18,22)(H,19,20). The van der Waals surface area contributed by atoms with Crippen LogP contribution in [0.4, 0.5) is 18.9 Å². The molecule has 1 rings (SSSR count). The number of rotatable bonds is 6. The van der Waals surface area contributed by atoms with Crippen LogP contribution >= 0.6 is 0 Å². The van der Waals surface area contributed by atoms with Gasteiger partial charge in [-0.25, -0.2) is 4.79 Å². The molecule has 0 saturated carbocycles. The van der Waals surface area contributed by atoms with Crippen LogP contribution < -0.4 is 10.6 Å². The summed E-state index contributed by atoms with van der Waals surface area (Å²) in [6.45, 7) is 1.24. The Morgan fingerprint density at radius 1 is 1.22 bits per heavy atom. The van der Waals surface area contributed by atoms with Gasteiger partial charge in [-0.1, -0.05) is 13.0 Å². The molecular weight excluding hydrogens is 317 g/mol. The second-order valence-corrected chi connectivity index (χ2v) is 4.45. The Bertz CT molecular complexity index is 588. The third kappa shape index (κ3) is 6.37. The Kier molecular flexibility index (Phi) is 6.55. The molecule has 0 radical (unpaired) electrons. The largest absolute Gasteiger partial charge is 0.471 e. The molecule has 0 aliphatic heterocycles. The molecule has 0 aromatic heterocycles. The summed E-state index contributed by atoms with van der Waals surface area (Å²) in [5, 5.41) is 3.71. The zero-order chi connectivity index (χ0) is 17.5. The van der Waals surface area contributed by atoms with E-state index in [9.17, 15) is 27.6 Å². The third-order valence-electron chi connectivity index (χ3n) is 2.49. The van der Waals surface area contributed by atoms with Crippen LogP contribution in [0.1, 0.15) is 23.7 Å². The zero-order valence-corrected chi connectivity index (χ0v) is 12.2. The van der Waals surface area contributed by atoms with Crippen LogP contribution in [0.2, 0.25) is 0 Å². The van der Waals surface area contributed by atoms with E-state index in [1.165, 1.54) is 29.6 Å². The second-order valence-electron chi connectivity index (χ2n) is 4.45. The molecule has 23 heavy (non-hydrogen) atoms. The highest BCUT2D eigenvalue weighted by atomic mass is 19.4. The Balaban J connectivity index is 2.58. The van der Waals surface area contributed by atoms with Gasteiger partial charge in [0.1, 0.15) is 0 Å². The maximum absolute atomic E-state index is 12.0. The van der Waals surface area contributed by atoms with E-state index in [0.29, 0.717) is 6.42 Å². The molecule has 0 fully saturated rings. The molecule has 0 aliphatic rings. The lowest BCUT2D eigenvalue weighted by Crippen LogP contribution is -2.41. The molecule has 0 unspecified atom stereocenters. The lowest BCUT2D eigenvalue weighted by Gasteiger charge is -2.09. The van der Waals surface area contributed by atoms with E-state index in [0.717, 1.165) is 0 Å². The van der Waals surface area contributed by atoms with Crippen molar-refractivity contribution in [3.05, 3.63) is 29.8 Å². The highest BCUT2D eigenvalue weighted by molar-refractivity contribution is 5.97. The molecule has 126 valence electrons. The van der Waals surface area contributed by atoms with Crippen molar-refractivity contribution in [3.63, 3.8) is 0 Å². The minimum absolute atomic E-state index is 0.190. The highest BCUT2D eigenvalue weighted by Crippen LogP contribution is 2.14. The van der Waals surface area contributed by atoms with Crippen molar-refractivity contribution in [2.45, 2.75) is 19.5 Å². The first-order chi connectivity index (χ1) is 10.7. The number of ether oxygens (including phenoxy) is 1. The van der Waals surface area contributed by atoms with Gasteiger partial charge < -0.3 is 15.4 Å². The van der Waals surface area contributed by atoms with Crippen molar-refractivity contribution in [2.24, 2.45) is 0 Å². The van der Waals surface area contributed by atoms with Gasteiger partial charge >= 0.3 is 18.1 Å². The first-order valence-electron chi connectivity index (χ1n) is 6.66. The lowest BCUT2D eigenvalue weighted by molar-refractivity contribution is -0.173. The molecule has 0 atom stereocenters. The van der Waals surface area contributed by atoms with Crippen molar-refractivity contribution in [1.82, 2.24) is 5.32 Å². The summed E-state index contributed by atoms with van der Waals surface area (Å²) in [6.07, 6.45) is -4.40. The second kappa shape index (κ2) is 8.16. The number of esters is 1. The van der Waals surface area contributed by atoms with Crippen LogP contribution in [0.5, 0.6) is 0 Å². The minimum Gasteiger partial charge on any atom is -0.462 e. The molecule has 0 heterocycles. The van der Waals surface area contributed by atoms with Gasteiger partial charge in [0.15, 0.2) is 0 Å². The number of hydrogen-bond donors (Lipinski definition) is 2. The molecule has 0 saturated heterocycles. The number of hydrogen-bond acceptors (Lipinski definition) is 4. The Hall–Kier alpha value is -2.58. The van der Waals surface area contributed by atoms with Crippen LogP contribution in [0.15, 0.2) is 24.3 Å². The predicted octanol–water partition coefficient (Wildman–Crippen LogP) is 1.87. The molecule has 0 aliphatic carbocycles. The fourth-order valence-electron chi connectivity index (χ4n) is 1.47. The average molecular weight is 332 g/mol. The molecule has 0 bridgehead atoms. The van der Waals surface area contributed by atoms with E-state index < -0.39 is 30.5 Å². The van der Waals surface area contributed by atoms with Crippen LogP contribution in [-0.2, 0) is 14.3 Å². The normalized spacial score (nSPS) is 10.8. The summed E-state index contributed by atoms with van der Waals surface area (Å²) in [5.74, 6) is -3.64. The maximum Gasteiger partial charge on any atom is 0.471 e. The fraction of sp³-hybridized carbons (Fsp3) is 0.357. The number of alkyl halides is 3. The van der Waals surface area contributed by atoms with E-state index in [-0.39, 0.29) is 17.9 Å². The minimum atomic E-state index is -5.05. The summed E-state index contributed by atoms with van der Waals surface area (Å²) < 4.78 is 40.8. The van der Waals surface area contributed by atoms with E-state index in [4.69, 9.17) is 4.74 Å². The number of amides is 2. The summed E-state index contributed by atoms with van der Waals surface area (Å²) in [5.41, 5.74) is 0.387. The number of anilines is 1. The first kappa shape index (κ1) is 18.5. The lowest BCUT2D eigenvalue weighted by atomic mass is 10.2. The van der Waals surface area contributed by atoms with E-state index in [2.05, 4.69) is 5.32 Å². The van der Waals surface area contributed by atoms with Gasteiger partial charge in [-0.2, -0.15) is 13.2 Å². The first-order valence-corrected chi connectivity index (χ1v) is 6.66. The predicted molar refractivity (Wildman–Crippen MR) is 74.7 cm³/mol. The van der Waals surface area contributed by atoms with Crippen molar-refractivity contribution in [1.29, 1.82) is 0 Å². The van der Waals surface area contributed by atoms with Crippen molar-refractivity contribution >= 4 is 23.5 Å². The molecule has 9 heteroatoms. The van der Waals surface area contributed by atoms with Crippen molar-refractivity contribution < 1.29 is 32.3 Å². The van der Waals surface area contributed by atoms with Crippen LogP contribution in [0.25, 0.3) is 0 Å². The van der Waals surface area contributed by atoms with Gasteiger partial charge in [-0.05, 0) is 24.6 Å². The van der Waals surface area contributed by atoms with Gasteiger partial charge in [-0.3, -0.25) is 9.59 Å². The Morgan fingerprint density at radius 2 is 1.91 bits per heavy atom. The molecule has 6 nitrogen and oxygen atoms in total. The van der Waals surface area contributed by atoms with Crippen LogP contribution in [0, 0.1) is 0 Å². The maximum atomic E-state index is 12.0. The molecule has 1 aromatic carbocycles. The SMILES string of the molecule is CCCOC(=O)c1cccc(NC(=O)CNC(=O)C(F)(F)F)c1. The Labute approximate surface area is 130 Å². The molecule has 0 spiro atoms. The van der Waals surface area contributed by atoms with Crippen LogP contribution in [-0.4, -0.2) is 37.1 Å². The van der Waals surface area contributed by atoms with Crippen LogP contribution in [0.3, 0.4) is 0 Å². The molecule has 2 N–H and O–H groups in total. The topological polar surface area (TPSA) is 84.5 Å².